The zero-order valence-corrected chi connectivity index (χ0v) is 21.4. The fourth-order valence-corrected chi connectivity index (χ4v) is 4.15. The average Bonchev–Trinajstić information content (AvgIpc) is 2.88. The van der Waals surface area contributed by atoms with Gasteiger partial charge in [-0.3, -0.25) is 4.79 Å². The lowest BCUT2D eigenvalue weighted by Crippen LogP contribution is -2.06. The molecule has 0 amide bonds. The lowest BCUT2D eigenvalue weighted by Gasteiger charge is -2.15. The molecule has 0 saturated heterocycles. The number of allylic oxidation sites excluding steroid dienone is 1. The molecule has 4 nitrogen and oxygen atoms in total. The number of benzene rings is 3. The minimum atomic E-state index is -4.43. The number of halogens is 6. The quantitative estimate of drug-likeness (QED) is 0.163. The molecule has 3 rings (SSSR count). The summed E-state index contributed by atoms with van der Waals surface area (Å²) in [6, 6.07) is 10.6. The van der Waals surface area contributed by atoms with E-state index < -0.39 is 40.9 Å². The van der Waals surface area contributed by atoms with Crippen molar-refractivity contribution in [2.75, 3.05) is 6.61 Å². The molecule has 0 aromatic heterocycles. The highest BCUT2D eigenvalue weighted by molar-refractivity contribution is 5.66. The van der Waals surface area contributed by atoms with Crippen molar-refractivity contribution in [3.05, 3.63) is 100 Å². The molecular weight excluding hydrogens is 538 g/mol. The SMILES string of the molecule is O=C(O)CCCCC(/C=C/c1cc(F)ccc1OCCc1ccc(C(F)(F)F)cc1)Cc1cc(F)c(O)c(F)c1. The number of rotatable bonds is 13. The largest absolute Gasteiger partial charge is 0.503 e. The van der Waals surface area contributed by atoms with Crippen LogP contribution in [0.3, 0.4) is 0 Å². The molecule has 0 saturated carbocycles. The van der Waals surface area contributed by atoms with Gasteiger partial charge >= 0.3 is 12.1 Å². The lowest BCUT2D eigenvalue weighted by molar-refractivity contribution is -0.138. The van der Waals surface area contributed by atoms with Gasteiger partial charge in [-0.1, -0.05) is 30.7 Å². The van der Waals surface area contributed by atoms with E-state index >= 15 is 0 Å². The molecule has 2 N–H and O–H groups in total. The molecule has 40 heavy (non-hydrogen) atoms. The van der Waals surface area contributed by atoms with Crippen molar-refractivity contribution in [1.82, 2.24) is 0 Å². The summed E-state index contributed by atoms with van der Waals surface area (Å²) in [5.74, 6) is -4.72. The van der Waals surface area contributed by atoms with Crippen LogP contribution in [0.1, 0.15) is 47.9 Å². The molecule has 1 atom stereocenters. The van der Waals surface area contributed by atoms with Crippen LogP contribution in [0.2, 0.25) is 0 Å². The van der Waals surface area contributed by atoms with Crippen LogP contribution in [0.4, 0.5) is 26.3 Å². The predicted octanol–water partition coefficient (Wildman–Crippen LogP) is 7.97. The highest BCUT2D eigenvalue weighted by atomic mass is 19.4. The standard InChI is InChI=1S/C30H28F6O4/c31-24-11-12-27(40-14-13-19-6-9-23(10-7-19)30(34,35)36)22(18-24)8-5-20(3-1-2-4-28(37)38)15-21-16-25(32)29(39)26(33)17-21/h5-12,16-18,20,39H,1-4,13-15H2,(H,37,38)/b8-5+. The molecule has 3 aromatic rings. The van der Waals surface area contributed by atoms with E-state index in [0.29, 0.717) is 42.6 Å². The van der Waals surface area contributed by atoms with Crippen LogP contribution >= 0.6 is 0 Å². The van der Waals surface area contributed by atoms with Gasteiger partial charge in [0.15, 0.2) is 17.4 Å². The Hall–Kier alpha value is -3.95. The number of carboxylic acids is 1. The number of ether oxygens (including phenoxy) is 1. The molecule has 0 aliphatic rings. The third-order valence-corrected chi connectivity index (χ3v) is 6.24. The number of aliphatic carboxylic acids is 1. The smallest absolute Gasteiger partial charge is 0.416 e. The molecule has 3 aromatic carbocycles. The van der Waals surface area contributed by atoms with Crippen molar-refractivity contribution < 1.29 is 46.1 Å². The van der Waals surface area contributed by atoms with Gasteiger partial charge in [0.1, 0.15) is 11.6 Å². The fourth-order valence-electron chi connectivity index (χ4n) is 4.15. The summed E-state index contributed by atoms with van der Waals surface area (Å²) in [5.41, 5.74) is 0.541. The number of carbonyl (C=O) groups is 1. The minimum Gasteiger partial charge on any atom is -0.503 e. The van der Waals surface area contributed by atoms with Gasteiger partial charge in [0, 0.05) is 18.4 Å². The molecule has 0 radical (unpaired) electrons. The highest BCUT2D eigenvalue weighted by Crippen LogP contribution is 2.30. The molecular formula is C30H28F6O4. The zero-order chi connectivity index (χ0) is 29.3. The van der Waals surface area contributed by atoms with Gasteiger partial charge < -0.3 is 14.9 Å². The number of unbranched alkanes of at least 4 members (excludes halogenated alkanes) is 1. The topological polar surface area (TPSA) is 66.8 Å². The number of aromatic hydroxyl groups is 1. The molecule has 0 bridgehead atoms. The van der Waals surface area contributed by atoms with Crippen molar-refractivity contribution in [3.8, 4) is 11.5 Å². The van der Waals surface area contributed by atoms with Gasteiger partial charge in [0.2, 0.25) is 0 Å². The van der Waals surface area contributed by atoms with Gasteiger partial charge in [0.05, 0.1) is 12.2 Å². The van der Waals surface area contributed by atoms with E-state index in [2.05, 4.69) is 0 Å². The summed E-state index contributed by atoms with van der Waals surface area (Å²) >= 11 is 0. The summed E-state index contributed by atoms with van der Waals surface area (Å²) in [6.07, 6.45) is 0.753. The van der Waals surface area contributed by atoms with Crippen LogP contribution < -0.4 is 4.74 Å². The van der Waals surface area contributed by atoms with Crippen molar-refractivity contribution in [2.45, 2.75) is 44.7 Å². The second-order valence-corrected chi connectivity index (χ2v) is 9.35. The molecule has 214 valence electrons. The first-order valence-electron chi connectivity index (χ1n) is 12.6. The number of alkyl halides is 3. The van der Waals surface area contributed by atoms with E-state index in [1.807, 2.05) is 0 Å². The van der Waals surface area contributed by atoms with E-state index in [4.69, 9.17) is 9.84 Å². The molecule has 0 fully saturated rings. The normalized spacial score (nSPS) is 12.6. The second-order valence-electron chi connectivity index (χ2n) is 9.35. The molecule has 0 spiro atoms. The van der Waals surface area contributed by atoms with Gasteiger partial charge in [-0.25, -0.2) is 13.2 Å². The Balaban J connectivity index is 1.72. The maximum Gasteiger partial charge on any atom is 0.416 e. The summed E-state index contributed by atoms with van der Waals surface area (Å²) < 4.78 is 85.8. The number of carboxylic acid groups (broad SMARTS) is 1. The highest BCUT2D eigenvalue weighted by Gasteiger charge is 2.29. The summed E-state index contributed by atoms with van der Waals surface area (Å²) in [6.45, 7) is 0.114. The average molecular weight is 567 g/mol. The third kappa shape index (κ3) is 9.36. The van der Waals surface area contributed by atoms with Crippen molar-refractivity contribution in [3.63, 3.8) is 0 Å². The van der Waals surface area contributed by atoms with E-state index in [1.165, 1.54) is 30.3 Å². The maximum atomic E-state index is 14.0. The first kappa shape index (κ1) is 30.6. The van der Waals surface area contributed by atoms with Crippen LogP contribution in [0.15, 0.2) is 60.7 Å². The first-order chi connectivity index (χ1) is 18.9. The maximum absolute atomic E-state index is 14.0. The number of hydrogen-bond acceptors (Lipinski definition) is 3. The van der Waals surface area contributed by atoms with E-state index in [0.717, 1.165) is 24.3 Å². The number of phenolic OH excluding ortho intramolecular Hbond substituents is 1. The number of hydrogen-bond donors (Lipinski definition) is 2. The van der Waals surface area contributed by atoms with Crippen molar-refractivity contribution >= 4 is 12.0 Å². The van der Waals surface area contributed by atoms with Crippen LogP contribution in [-0.2, 0) is 23.8 Å². The monoisotopic (exact) mass is 566 g/mol. The predicted molar refractivity (Wildman–Crippen MR) is 137 cm³/mol. The van der Waals surface area contributed by atoms with Gasteiger partial charge in [-0.05, 0) is 78.8 Å². The van der Waals surface area contributed by atoms with E-state index in [-0.39, 0.29) is 30.9 Å². The summed E-state index contributed by atoms with van der Waals surface area (Å²) in [7, 11) is 0. The van der Waals surface area contributed by atoms with Gasteiger partial charge in [-0.15, -0.1) is 0 Å². The fraction of sp³-hybridized carbons (Fsp3) is 0.300. The Kier molecular flexibility index (Phi) is 10.6. The molecule has 0 aliphatic heterocycles. The molecule has 0 heterocycles. The van der Waals surface area contributed by atoms with E-state index in [9.17, 15) is 36.2 Å². The van der Waals surface area contributed by atoms with Gasteiger partial charge in [-0.2, -0.15) is 13.2 Å². The van der Waals surface area contributed by atoms with Crippen LogP contribution in [0.25, 0.3) is 6.08 Å². The van der Waals surface area contributed by atoms with Crippen molar-refractivity contribution in [2.24, 2.45) is 5.92 Å². The van der Waals surface area contributed by atoms with E-state index in [1.54, 1.807) is 12.2 Å². The molecule has 0 aliphatic carbocycles. The summed E-state index contributed by atoms with van der Waals surface area (Å²) in [4.78, 5) is 10.8. The summed E-state index contributed by atoms with van der Waals surface area (Å²) in [5, 5.41) is 18.3. The third-order valence-electron chi connectivity index (χ3n) is 6.24. The van der Waals surface area contributed by atoms with Gasteiger partial charge in [0.25, 0.3) is 0 Å². The number of phenols is 1. The minimum absolute atomic E-state index is 0.0281. The Morgan fingerprint density at radius 2 is 1.60 bits per heavy atom. The second kappa shape index (κ2) is 13.9. The van der Waals surface area contributed by atoms with Crippen LogP contribution in [-0.4, -0.2) is 22.8 Å². The molecule has 1 unspecified atom stereocenters. The Morgan fingerprint density at radius 1 is 0.925 bits per heavy atom. The Bertz CT molecular complexity index is 1300. The Labute approximate surface area is 227 Å². The lowest BCUT2D eigenvalue weighted by atomic mass is 9.92. The van der Waals surface area contributed by atoms with Crippen LogP contribution in [0.5, 0.6) is 11.5 Å². The first-order valence-corrected chi connectivity index (χ1v) is 12.6. The zero-order valence-electron chi connectivity index (χ0n) is 21.4. The Morgan fingerprint density at radius 3 is 2.23 bits per heavy atom. The van der Waals surface area contributed by atoms with Crippen molar-refractivity contribution in [1.29, 1.82) is 0 Å². The molecule has 10 heteroatoms. The van der Waals surface area contributed by atoms with Crippen LogP contribution in [0, 0.1) is 23.4 Å².